The summed E-state index contributed by atoms with van der Waals surface area (Å²) >= 11 is 0. The van der Waals surface area contributed by atoms with E-state index in [-0.39, 0.29) is 0 Å². The Balaban J connectivity index is 0.000000139. The van der Waals surface area contributed by atoms with Gasteiger partial charge in [-0.25, -0.2) is 0 Å². The van der Waals surface area contributed by atoms with Crippen molar-refractivity contribution in [3.63, 3.8) is 0 Å². The Kier molecular flexibility index (Phi) is 12.6. The van der Waals surface area contributed by atoms with Gasteiger partial charge in [0.2, 0.25) is 5.91 Å². The molecule has 0 aliphatic carbocycles. The van der Waals surface area contributed by atoms with Gasteiger partial charge < -0.3 is 9.64 Å². The number of nitrogens with zero attached hydrogens (tertiary/aromatic N) is 6. The smallest absolute Gasteiger partial charge is 0.222 e. The zero-order valence-corrected chi connectivity index (χ0v) is 26.9. The van der Waals surface area contributed by atoms with Crippen molar-refractivity contribution in [1.82, 2.24) is 29.4 Å². The summed E-state index contributed by atoms with van der Waals surface area (Å²) in [4.78, 5) is 26.6. The maximum absolute atomic E-state index is 11.6. The van der Waals surface area contributed by atoms with E-state index in [1.54, 1.807) is 0 Å². The molecule has 0 saturated carbocycles. The van der Waals surface area contributed by atoms with E-state index in [1.165, 1.54) is 71.5 Å². The molecule has 6 heterocycles. The fraction of sp³-hybridized carbons (Fsp3) is 0.969. The van der Waals surface area contributed by atoms with E-state index < -0.39 is 0 Å². The predicted octanol–water partition coefficient (Wildman–Crippen LogP) is 3.07. The molecule has 8 heteroatoms. The number of carbonyl (C=O) groups excluding carboxylic acids is 1. The van der Waals surface area contributed by atoms with Crippen LogP contribution < -0.4 is 0 Å². The van der Waals surface area contributed by atoms with Crippen molar-refractivity contribution in [3.8, 4) is 0 Å². The van der Waals surface area contributed by atoms with E-state index in [4.69, 9.17) is 4.74 Å². The van der Waals surface area contributed by atoms with Crippen LogP contribution in [0.4, 0.5) is 0 Å². The van der Waals surface area contributed by atoms with Crippen LogP contribution in [0.1, 0.15) is 80.1 Å². The van der Waals surface area contributed by atoms with Gasteiger partial charge in [-0.15, -0.1) is 0 Å². The molecule has 6 rings (SSSR count). The first-order chi connectivity index (χ1) is 19.2. The molecule has 0 aromatic carbocycles. The summed E-state index contributed by atoms with van der Waals surface area (Å²) in [6.45, 7) is 28.7. The summed E-state index contributed by atoms with van der Waals surface area (Å²) in [6.07, 6.45) is 7.38. The van der Waals surface area contributed by atoms with Crippen LogP contribution in [0.5, 0.6) is 0 Å². The third-order valence-corrected chi connectivity index (χ3v) is 10.3. The summed E-state index contributed by atoms with van der Waals surface area (Å²) in [7, 11) is 0. The first kappa shape index (κ1) is 32.2. The van der Waals surface area contributed by atoms with Crippen LogP contribution in [0.15, 0.2) is 0 Å². The van der Waals surface area contributed by atoms with Crippen LogP contribution in [0, 0.1) is 0 Å². The monoisotopic (exact) mass is 562 g/mol. The molecule has 6 saturated heterocycles. The van der Waals surface area contributed by atoms with Crippen molar-refractivity contribution in [2.75, 3.05) is 85.2 Å². The number of ether oxygens (including phenoxy) is 1. The molecule has 8 nitrogen and oxygen atoms in total. The van der Waals surface area contributed by atoms with Gasteiger partial charge in [-0.2, -0.15) is 0 Å². The zero-order valence-electron chi connectivity index (χ0n) is 26.9. The van der Waals surface area contributed by atoms with E-state index in [0.717, 1.165) is 64.3 Å². The molecule has 0 aromatic rings. The number of rotatable bonds is 3. The van der Waals surface area contributed by atoms with Crippen molar-refractivity contribution >= 4 is 5.91 Å². The van der Waals surface area contributed by atoms with Crippen LogP contribution in [0.3, 0.4) is 0 Å². The zero-order chi connectivity index (χ0) is 28.6. The van der Waals surface area contributed by atoms with E-state index in [9.17, 15) is 4.79 Å². The second kappa shape index (κ2) is 15.6. The summed E-state index contributed by atoms with van der Waals surface area (Å²) in [5.41, 5.74) is 0. The largest absolute Gasteiger partial charge is 0.378 e. The van der Waals surface area contributed by atoms with Gasteiger partial charge >= 0.3 is 0 Å². The van der Waals surface area contributed by atoms with Crippen LogP contribution in [0.25, 0.3) is 0 Å². The van der Waals surface area contributed by atoms with E-state index in [1.807, 2.05) is 0 Å². The second-order valence-corrected chi connectivity index (χ2v) is 13.8. The van der Waals surface area contributed by atoms with Gasteiger partial charge in [0.15, 0.2) is 0 Å². The van der Waals surface area contributed by atoms with Gasteiger partial charge in [0.1, 0.15) is 0 Å². The summed E-state index contributed by atoms with van der Waals surface area (Å²) < 4.78 is 5.50. The van der Waals surface area contributed by atoms with Crippen molar-refractivity contribution in [2.24, 2.45) is 0 Å². The van der Waals surface area contributed by atoms with Gasteiger partial charge in [0.25, 0.3) is 0 Å². The van der Waals surface area contributed by atoms with E-state index in [0.29, 0.717) is 30.1 Å². The molecule has 3 unspecified atom stereocenters. The number of hydrogen-bond donors (Lipinski definition) is 0. The van der Waals surface area contributed by atoms with Crippen molar-refractivity contribution < 1.29 is 9.53 Å². The van der Waals surface area contributed by atoms with Gasteiger partial charge in [0.05, 0.1) is 13.2 Å². The molecule has 6 fully saturated rings. The Bertz CT molecular complexity index is 726. The quantitative estimate of drug-likeness (QED) is 0.524. The molecular formula is C32H62N6O2. The number of hydrogen-bond acceptors (Lipinski definition) is 7. The lowest BCUT2D eigenvalue weighted by molar-refractivity contribution is -0.139. The molecule has 40 heavy (non-hydrogen) atoms. The molecular weight excluding hydrogens is 500 g/mol. The molecule has 1 amide bonds. The van der Waals surface area contributed by atoms with Gasteiger partial charge in [-0.05, 0) is 73.8 Å². The maximum atomic E-state index is 11.6. The molecule has 232 valence electrons. The molecule has 6 aliphatic heterocycles. The number of morpholine rings is 1. The molecule has 0 radical (unpaired) electrons. The Labute approximate surface area is 246 Å². The van der Waals surface area contributed by atoms with Crippen molar-refractivity contribution in [1.29, 1.82) is 0 Å². The lowest BCUT2D eigenvalue weighted by atomic mass is 9.98. The predicted molar refractivity (Wildman–Crippen MR) is 165 cm³/mol. The highest BCUT2D eigenvalue weighted by molar-refractivity contribution is 5.77. The number of piperidine rings is 2. The fourth-order valence-electron chi connectivity index (χ4n) is 7.44. The normalized spacial score (nSPS) is 31.2. The number of fused-ring (bicyclic) bond motifs is 3. The summed E-state index contributed by atoms with van der Waals surface area (Å²) in [5.74, 6) is 0.379. The topological polar surface area (TPSA) is 45.7 Å². The lowest BCUT2D eigenvalue weighted by Crippen LogP contribution is -2.59. The Morgan fingerprint density at radius 2 is 1.15 bits per heavy atom. The molecule has 3 atom stereocenters. The Hall–Kier alpha value is -0.770. The molecule has 6 aliphatic rings. The average molecular weight is 563 g/mol. The van der Waals surface area contributed by atoms with Crippen LogP contribution in [-0.2, 0) is 9.53 Å². The SMILES string of the molecule is CC(C)N1CCN2C(=O)CCCC2C1.CC(C)N1CCN2CCCCC2C1.CC(C)N1CCN2CCOCC2C1. The molecule has 0 aromatic heterocycles. The average Bonchev–Trinajstić information content (AvgIpc) is 2.97. The molecule has 0 N–H and O–H groups in total. The first-order valence-corrected chi connectivity index (χ1v) is 16.8. The third-order valence-electron chi connectivity index (χ3n) is 10.3. The van der Waals surface area contributed by atoms with Crippen LogP contribution >= 0.6 is 0 Å². The van der Waals surface area contributed by atoms with E-state index >= 15 is 0 Å². The molecule has 0 bridgehead atoms. The molecule has 0 spiro atoms. The second-order valence-electron chi connectivity index (χ2n) is 13.8. The fourth-order valence-corrected chi connectivity index (χ4v) is 7.44. The van der Waals surface area contributed by atoms with Gasteiger partial charge in [-0.1, -0.05) is 6.42 Å². The number of carbonyl (C=O) groups is 1. The minimum Gasteiger partial charge on any atom is -0.378 e. The van der Waals surface area contributed by atoms with E-state index in [2.05, 4.69) is 70.9 Å². The van der Waals surface area contributed by atoms with Gasteiger partial charge in [0, 0.05) is 108 Å². The Morgan fingerprint density at radius 3 is 1.80 bits per heavy atom. The van der Waals surface area contributed by atoms with Crippen molar-refractivity contribution in [3.05, 3.63) is 0 Å². The number of amides is 1. The highest BCUT2D eigenvalue weighted by atomic mass is 16.5. The van der Waals surface area contributed by atoms with Crippen LogP contribution in [0.2, 0.25) is 0 Å². The lowest BCUT2D eigenvalue weighted by Gasteiger charge is -2.45. The number of piperazine rings is 3. The Morgan fingerprint density at radius 1 is 0.600 bits per heavy atom. The highest BCUT2D eigenvalue weighted by Gasteiger charge is 2.34. The third kappa shape index (κ3) is 8.87. The summed E-state index contributed by atoms with van der Waals surface area (Å²) in [6, 6.07) is 4.09. The van der Waals surface area contributed by atoms with Crippen LogP contribution in [-0.4, -0.2) is 157 Å². The maximum Gasteiger partial charge on any atom is 0.222 e. The standard InChI is InChI=1S/C11H20N2O.C11H22N2.C10H20N2O/c1-9(2)12-6-7-13-10(8-12)4-3-5-11(13)14;1-10(2)13-8-7-12-6-4-3-5-11(12)9-13;1-9(2)12-4-3-11-5-6-13-8-10(11)7-12/h9-10H,3-8H2,1-2H3;10-11H,3-9H2,1-2H3;9-10H,3-8H2,1-2H3. The van der Waals surface area contributed by atoms with Crippen molar-refractivity contribution in [2.45, 2.75) is 116 Å². The first-order valence-electron chi connectivity index (χ1n) is 16.8. The van der Waals surface area contributed by atoms with Gasteiger partial charge in [-0.3, -0.25) is 29.3 Å². The minimum atomic E-state index is 0.379. The highest BCUT2D eigenvalue weighted by Crippen LogP contribution is 2.23. The summed E-state index contributed by atoms with van der Waals surface area (Å²) in [5, 5.41) is 0. The minimum absolute atomic E-state index is 0.379.